The summed E-state index contributed by atoms with van der Waals surface area (Å²) in [5.41, 5.74) is 0. The molecule has 8 heteroatoms. The summed E-state index contributed by atoms with van der Waals surface area (Å²) in [5.74, 6) is -1.09. The molecule has 0 spiro atoms. The molecule has 4 N–H and O–H groups in total. The zero-order valence-corrected chi connectivity index (χ0v) is 12.8. The molecule has 0 radical (unpaired) electrons. The van der Waals surface area contributed by atoms with E-state index >= 15 is 0 Å². The molecule has 0 unspecified atom stereocenters. The number of aliphatic carboxylic acids is 1. The molecule has 0 rings (SSSR count). The van der Waals surface area contributed by atoms with Crippen molar-refractivity contribution in [3.8, 4) is 0 Å². The monoisotopic (exact) mass is 265 g/mol. The average Bonchev–Trinajstić information content (AvgIpc) is 2.03. The maximum absolute atomic E-state index is 11.1. The van der Waals surface area contributed by atoms with Crippen LogP contribution in [0.25, 0.3) is 0 Å². The summed E-state index contributed by atoms with van der Waals surface area (Å²) in [6.45, 7) is 1.70. The first-order chi connectivity index (χ1) is 6.48. The molecule has 0 aliphatic carbocycles. The van der Waals surface area contributed by atoms with E-state index in [9.17, 15) is 13.2 Å². The van der Waals surface area contributed by atoms with E-state index in [1.807, 2.05) is 6.92 Å². The largest absolute Gasteiger partial charge is 1.00 e. The molecule has 0 atom stereocenters. The smallest absolute Gasteiger partial charge is 1.00 e. The van der Waals surface area contributed by atoms with Crippen molar-refractivity contribution in [1.82, 2.24) is 6.15 Å². The van der Waals surface area contributed by atoms with E-state index < -0.39 is 16.1 Å². The van der Waals surface area contributed by atoms with Crippen LogP contribution in [0.1, 0.15) is 34.0 Å². The van der Waals surface area contributed by atoms with E-state index in [0.29, 0.717) is 6.42 Å². The molecule has 0 aromatic carbocycles. The summed E-state index contributed by atoms with van der Waals surface area (Å²) in [4.78, 5) is 10.1. The first-order valence-electron chi connectivity index (χ1n) is 4.57. The van der Waals surface area contributed by atoms with Crippen molar-refractivity contribution in [3.63, 3.8) is 0 Å². The first-order valence-corrected chi connectivity index (χ1v) is 6.14. The molecular weight excluding hydrogens is 245 g/mol. The Kier molecular flexibility index (Phi) is 16.0. The zero-order valence-electron chi connectivity index (χ0n) is 10.9. The van der Waals surface area contributed by atoms with Gasteiger partial charge in [0, 0.05) is 0 Å². The van der Waals surface area contributed by atoms with Gasteiger partial charge in [-0.1, -0.05) is 19.8 Å². The van der Waals surface area contributed by atoms with E-state index in [1.54, 1.807) is 0 Å². The number of hydrogen-bond donors (Lipinski definition) is 2. The van der Waals surface area contributed by atoms with Crippen LogP contribution in [0.5, 0.6) is 0 Å². The minimum atomic E-state index is -3.51. The molecule has 0 aromatic heterocycles. The molecule has 0 heterocycles. The fourth-order valence-corrected chi connectivity index (χ4v) is 1.86. The van der Waals surface area contributed by atoms with Gasteiger partial charge < -0.3 is 12.7 Å². The van der Waals surface area contributed by atoms with Crippen molar-refractivity contribution in [1.29, 1.82) is 0 Å². The van der Waals surface area contributed by atoms with Gasteiger partial charge >= 0.3 is 35.5 Å². The van der Waals surface area contributed by atoms with Crippen LogP contribution < -0.4 is 35.7 Å². The van der Waals surface area contributed by atoms with Gasteiger partial charge in [0.1, 0.15) is 0 Å². The topological polar surface area (TPSA) is 116 Å². The predicted octanol–water partition coefficient (Wildman–Crippen LogP) is -1.72. The summed E-state index contributed by atoms with van der Waals surface area (Å²) in [7, 11) is -3.51. The second kappa shape index (κ2) is 11.8. The summed E-state index contributed by atoms with van der Waals surface area (Å²) < 4.78 is 26.6. The number of unbranched alkanes of at least 4 members (excludes halogenated alkanes) is 2. The van der Waals surface area contributed by atoms with E-state index in [-0.39, 0.29) is 55.9 Å². The second-order valence-electron chi connectivity index (χ2n) is 2.93. The van der Waals surface area contributed by atoms with Crippen LogP contribution in [0.2, 0.25) is 0 Å². The molecule has 16 heavy (non-hydrogen) atoms. The van der Waals surface area contributed by atoms with Crippen molar-refractivity contribution in [3.05, 3.63) is 0 Å². The van der Waals surface area contributed by atoms with Crippen LogP contribution in [0.15, 0.2) is 0 Å². The zero-order chi connectivity index (χ0) is 11.0. The third kappa shape index (κ3) is 14.3. The number of carbonyl (C=O) groups is 1. The van der Waals surface area contributed by atoms with Gasteiger partial charge in [-0.2, -0.15) is 8.42 Å². The number of carboxylic acids is 1. The molecule has 94 valence electrons. The summed E-state index contributed by atoms with van der Waals surface area (Å²) in [6.07, 6.45) is 2.05. The van der Waals surface area contributed by atoms with Gasteiger partial charge in [-0.15, -0.1) is 0 Å². The maximum Gasteiger partial charge on any atom is 1.00 e. The van der Waals surface area contributed by atoms with Crippen LogP contribution in [-0.2, 0) is 19.1 Å². The third-order valence-electron chi connectivity index (χ3n) is 1.58. The van der Waals surface area contributed by atoms with Gasteiger partial charge in [-0.05, 0) is 6.42 Å². The maximum atomic E-state index is 11.1. The van der Waals surface area contributed by atoms with Crippen molar-refractivity contribution >= 4 is 16.1 Å². The normalized spacial score (nSPS) is 10.1. The Morgan fingerprint density at radius 1 is 1.38 bits per heavy atom. The Hall–Kier alpha value is 0.340. The fraction of sp³-hybridized carbons (Fsp3) is 0.875. The fourth-order valence-electron chi connectivity index (χ4n) is 0.844. The van der Waals surface area contributed by atoms with Gasteiger partial charge in [-0.25, -0.2) is 0 Å². The van der Waals surface area contributed by atoms with E-state index in [2.05, 4.69) is 4.18 Å². The van der Waals surface area contributed by atoms with Gasteiger partial charge in [-0.3, -0.25) is 8.98 Å². The van der Waals surface area contributed by atoms with Crippen molar-refractivity contribution in [2.24, 2.45) is 0 Å². The minimum absolute atomic E-state index is 0. The molecule has 0 saturated heterocycles. The molecule has 0 amide bonds. The predicted molar refractivity (Wildman–Crippen MR) is 57.7 cm³/mol. The Balaban J connectivity index is -0.000000282. The van der Waals surface area contributed by atoms with Gasteiger partial charge in [0.15, 0.2) is 0 Å². The average molecular weight is 265 g/mol. The van der Waals surface area contributed by atoms with Gasteiger partial charge in [0.05, 0.1) is 18.8 Å². The summed E-state index contributed by atoms with van der Waals surface area (Å²) in [6, 6.07) is 0. The molecule has 0 bridgehead atoms. The molecular formula is C8H20NNaO5S. The number of hydrogen-bond acceptors (Lipinski definition) is 5. The molecule has 6 nitrogen and oxygen atoms in total. The quantitative estimate of drug-likeness (QED) is 0.306. The molecule has 0 saturated carbocycles. The van der Waals surface area contributed by atoms with E-state index in [4.69, 9.17) is 5.11 Å². The van der Waals surface area contributed by atoms with Crippen LogP contribution in [0.3, 0.4) is 0 Å². The van der Waals surface area contributed by atoms with Crippen molar-refractivity contribution in [2.75, 3.05) is 12.4 Å². The summed E-state index contributed by atoms with van der Waals surface area (Å²) in [5, 5.41) is 8.25. The Morgan fingerprint density at radius 3 is 2.38 bits per heavy atom. The van der Waals surface area contributed by atoms with Gasteiger partial charge in [0.25, 0.3) is 10.1 Å². The molecule has 0 aromatic rings. The number of rotatable bonds is 8. The Bertz CT molecular complexity index is 273. The Morgan fingerprint density at radius 2 is 1.94 bits per heavy atom. The molecule has 0 aliphatic heterocycles. The third-order valence-corrected chi connectivity index (χ3v) is 2.89. The second-order valence-corrected chi connectivity index (χ2v) is 4.69. The molecule has 0 fully saturated rings. The van der Waals surface area contributed by atoms with Crippen LogP contribution in [-0.4, -0.2) is 31.9 Å². The molecule has 0 aliphatic rings. The minimum Gasteiger partial charge on any atom is -1.00 e. The van der Waals surface area contributed by atoms with E-state index in [0.717, 1.165) is 12.8 Å². The van der Waals surface area contributed by atoms with Crippen LogP contribution in [0, 0.1) is 0 Å². The first kappa shape index (κ1) is 21.6. The summed E-state index contributed by atoms with van der Waals surface area (Å²) >= 11 is 0. The number of carboxylic acid groups (broad SMARTS) is 1. The van der Waals surface area contributed by atoms with Crippen LogP contribution >= 0.6 is 0 Å². The van der Waals surface area contributed by atoms with Crippen molar-refractivity contribution in [2.45, 2.75) is 32.6 Å². The van der Waals surface area contributed by atoms with E-state index in [1.165, 1.54) is 0 Å². The van der Waals surface area contributed by atoms with Crippen molar-refractivity contribution < 1.29 is 53.5 Å². The van der Waals surface area contributed by atoms with Crippen LogP contribution in [0.4, 0.5) is 0 Å². The Labute approximate surface area is 120 Å². The SMILES string of the molecule is CCCCCS(=O)(=O)OCCC(=O)O.N.[H-].[Na+]. The van der Waals surface area contributed by atoms with Gasteiger partial charge in [0.2, 0.25) is 0 Å². The standard InChI is InChI=1S/C8H16O5S.H3N.Na.H/c1-2-3-4-7-14(11,12)13-6-5-8(9)10;;;/h2-7H2,1H3,(H,9,10);1H3;;/q;;+1;-1.